The van der Waals surface area contributed by atoms with E-state index in [0.717, 1.165) is 4.57 Å². The van der Waals surface area contributed by atoms with Crippen LogP contribution in [-0.2, 0) is 9.84 Å². The molecule has 0 radical (unpaired) electrons. The van der Waals surface area contributed by atoms with Crippen molar-refractivity contribution in [1.29, 1.82) is 5.26 Å². The zero-order valence-corrected chi connectivity index (χ0v) is 15.3. The van der Waals surface area contributed by atoms with Gasteiger partial charge in [-0.15, -0.1) is 0 Å². The van der Waals surface area contributed by atoms with Gasteiger partial charge in [0, 0.05) is 6.21 Å². The van der Waals surface area contributed by atoms with E-state index in [9.17, 15) is 28.7 Å². The number of pyridine rings is 1. The molecule has 27 heavy (non-hydrogen) atoms. The Kier molecular flexibility index (Phi) is 4.76. The Bertz CT molecular complexity index is 1130. The van der Waals surface area contributed by atoms with Crippen molar-refractivity contribution in [2.45, 2.75) is 19.4 Å². The fraction of sp³-hybridized carbons (Fsp3) is 0.278. The molecule has 2 aromatic rings. The summed E-state index contributed by atoms with van der Waals surface area (Å²) in [6.45, 7) is 1.52. The molecule has 1 saturated heterocycles. The molecule has 0 aliphatic carbocycles. The monoisotopic (exact) mass is 387 g/mol. The van der Waals surface area contributed by atoms with E-state index >= 15 is 0 Å². The van der Waals surface area contributed by atoms with Crippen LogP contribution in [0.1, 0.15) is 29.2 Å². The van der Waals surface area contributed by atoms with E-state index in [-0.39, 0.29) is 40.4 Å². The Labute approximate surface area is 155 Å². The fourth-order valence-electron chi connectivity index (χ4n) is 3.09. The summed E-state index contributed by atoms with van der Waals surface area (Å²) in [5.74, 6) is -0.670. The maximum Gasteiger partial charge on any atom is 0.271 e. The van der Waals surface area contributed by atoms with Crippen molar-refractivity contribution in [3.8, 4) is 17.7 Å². The van der Waals surface area contributed by atoms with Crippen molar-refractivity contribution >= 4 is 21.7 Å². The molecule has 1 fully saturated rings. The van der Waals surface area contributed by atoms with Crippen LogP contribution in [0, 0.1) is 18.3 Å². The highest BCUT2D eigenvalue weighted by Gasteiger charge is 2.33. The third-order valence-corrected chi connectivity index (χ3v) is 6.31. The van der Waals surface area contributed by atoms with E-state index in [1.54, 1.807) is 12.1 Å². The van der Waals surface area contributed by atoms with Crippen molar-refractivity contribution in [2.24, 2.45) is 4.99 Å². The van der Waals surface area contributed by atoms with Gasteiger partial charge in [-0.2, -0.15) is 5.26 Å². The predicted molar refractivity (Wildman–Crippen MR) is 99.5 cm³/mol. The smallest absolute Gasteiger partial charge is 0.271 e. The van der Waals surface area contributed by atoms with Crippen LogP contribution >= 0.6 is 0 Å². The molecule has 0 saturated carbocycles. The van der Waals surface area contributed by atoms with Gasteiger partial charge in [-0.3, -0.25) is 14.4 Å². The van der Waals surface area contributed by atoms with Crippen LogP contribution < -0.4 is 5.56 Å². The first-order valence-corrected chi connectivity index (χ1v) is 9.97. The summed E-state index contributed by atoms with van der Waals surface area (Å²) in [6.07, 6.45) is 1.51. The second-order valence-electron chi connectivity index (χ2n) is 6.36. The standard InChI is InChI=1S/C18H17N3O5S/c1-11-15(8-19)17(23)21(13-6-7-27(25,26)10-13)18(24)16(11)9-20-12-2-4-14(22)5-3-12/h2-5,9,13,22,24H,6-7,10H2,1H3/t13-/m1/s1. The molecule has 1 aliphatic rings. The highest BCUT2D eigenvalue weighted by atomic mass is 32.2. The molecule has 2 heterocycles. The van der Waals surface area contributed by atoms with Crippen LogP contribution in [0.25, 0.3) is 0 Å². The largest absolute Gasteiger partial charge is 0.508 e. The lowest BCUT2D eigenvalue weighted by molar-refractivity contribution is 0.379. The van der Waals surface area contributed by atoms with Gasteiger partial charge in [-0.05, 0) is 43.2 Å². The summed E-state index contributed by atoms with van der Waals surface area (Å²) in [5.41, 5.74) is 0.0510. The summed E-state index contributed by atoms with van der Waals surface area (Å²) < 4.78 is 24.5. The number of benzene rings is 1. The number of aliphatic imine (C=N–C) groups is 1. The Morgan fingerprint density at radius 1 is 1.30 bits per heavy atom. The van der Waals surface area contributed by atoms with Gasteiger partial charge < -0.3 is 10.2 Å². The Hall–Kier alpha value is -3.12. The highest BCUT2D eigenvalue weighted by Crippen LogP contribution is 2.30. The number of rotatable bonds is 3. The van der Waals surface area contributed by atoms with E-state index in [1.807, 2.05) is 6.07 Å². The van der Waals surface area contributed by atoms with Crippen molar-refractivity contribution in [3.05, 3.63) is 51.3 Å². The second-order valence-corrected chi connectivity index (χ2v) is 8.58. The molecule has 8 nitrogen and oxygen atoms in total. The molecule has 1 aromatic heterocycles. The van der Waals surface area contributed by atoms with Gasteiger partial charge in [0.05, 0.1) is 28.8 Å². The summed E-state index contributed by atoms with van der Waals surface area (Å²) in [6, 6.07) is 7.12. The average molecular weight is 387 g/mol. The minimum atomic E-state index is -3.29. The van der Waals surface area contributed by atoms with E-state index in [0.29, 0.717) is 5.69 Å². The lowest BCUT2D eigenvalue weighted by Gasteiger charge is -2.18. The van der Waals surface area contributed by atoms with E-state index in [2.05, 4.69) is 4.99 Å². The molecule has 9 heteroatoms. The maximum absolute atomic E-state index is 12.6. The number of hydrogen-bond acceptors (Lipinski definition) is 7. The quantitative estimate of drug-likeness (QED) is 0.768. The zero-order chi connectivity index (χ0) is 19.8. The van der Waals surface area contributed by atoms with Gasteiger partial charge in [-0.1, -0.05) is 0 Å². The SMILES string of the molecule is Cc1c(C=Nc2ccc(O)cc2)c(O)n([C@@H]2CCS(=O)(=O)C2)c(=O)c1C#N. The molecule has 1 atom stereocenters. The molecular formula is C18H17N3O5S. The van der Waals surface area contributed by atoms with Gasteiger partial charge in [0.25, 0.3) is 5.56 Å². The summed E-state index contributed by atoms with van der Waals surface area (Å²) in [7, 11) is -3.29. The minimum absolute atomic E-state index is 0.0732. The van der Waals surface area contributed by atoms with E-state index < -0.39 is 27.3 Å². The van der Waals surface area contributed by atoms with Crippen LogP contribution in [0.2, 0.25) is 0 Å². The molecule has 0 amide bonds. The van der Waals surface area contributed by atoms with Crippen LogP contribution in [-0.4, -0.2) is 40.9 Å². The van der Waals surface area contributed by atoms with Gasteiger partial charge >= 0.3 is 0 Å². The molecule has 0 unspecified atom stereocenters. The first kappa shape index (κ1) is 18.7. The number of hydrogen-bond donors (Lipinski definition) is 2. The van der Waals surface area contributed by atoms with Crippen LogP contribution in [0.4, 0.5) is 5.69 Å². The first-order chi connectivity index (χ1) is 12.7. The molecule has 3 rings (SSSR count). The Balaban J connectivity index is 2.14. The van der Waals surface area contributed by atoms with Crippen LogP contribution in [0.3, 0.4) is 0 Å². The Morgan fingerprint density at radius 3 is 2.52 bits per heavy atom. The summed E-state index contributed by atoms with van der Waals surface area (Å²) in [4.78, 5) is 16.8. The van der Waals surface area contributed by atoms with Crippen molar-refractivity contribution < 1.29 is 18.6 Å². The Morgan fingerprint density at radius 2 is 1.96 bits per heavy atom. The number of aromatic nitrogens is 1. The van der Waals surface area contributed by atoms with Gasteiger partial charge in [0.1, 0.15) is 17.4 Å². The number of aromatic hydroxyl groups is 2. The van der Waals surface area contributed by atoms with Gasteiger partial charge in [-0.25, -0.2) is 8.42 Å². The first-order valence-electron chi connectivity index (χ1n) is 8.15. The number of phenolic OH excluding ortho intramolecular Hbond substituents is 1. The van der Waals surface area contributed by atoms with E-state index in [1.165, 1.54) is 25.3 Å². The van der Waals surface area contributed by atoms with E-state index in [4.69, 9.17) is 0 Å². The van der Waals surface area contributed by atoms with Crippen molar-refractivity contribution in [2.75, 3.05) is 11.5 Å². The molecule has 1 aliphatic heterocycles. The maximum atomic E-state index is 12.6. The van der Waals surface area contributed by atoms with Gasteiger partial charge in [0.15, 0.2) is 9.84 Å². The minimum Gasteiger partial charge on any atom is -0.508 e. The molecular weight excluding hydrogens is 370 g/mol. The molecule has 0 spiro atoms. The summed E-state index contributed by atoms with van der Waals surface area (Å²) in [5, 5.41) is 29.3. The zero-order valence-electron chi connectivity index (χ0n) is 14.5. The predicted octanol–water partition coefficient (Wildman–Crippen LogP) is 1.55. The highest BCUT2D eigenvalue weighted by molar-refractivity contribution is 7.91. The molecule has 1 aromatic carbocycles. The number of nitriles is 1. The lowest BCUT2D eigenvalue weighted by atomic mass is 10.0. The summed E-state index contributed by atoms with van der Waals surface area (Å²) >= 11 is 0. The fourth-order valence-corrected chi connectivity index (χ4v) is 4.79. The topological polar surface area (TPSA) is 133 Å². The second kappa shape index (κ2) is 6.89. The van der Waals surface area contributed by atoms with Crippen molar-refractivity contribution in [3.63, 3.8) is 0 Å². The molecule has 140 valence electrons. The molecule has 0 bridgehead atoms. The lowest BCUT2D eigenvalue weighted by Crippen LogP contribution is -2.29. The van der Waals surface area contributed by atoms with Crippen molar-refractivity contribution in [1.82, 2.24) is 4.57 Å². The van der Waals surface area contributed by atoms with Crippen LogP contribution in [0.5, 0.6) is 11.6 Å². The number of nitrogens with zero attached hydrogens (tertiary/aromatic N) is 3. The third kappa shape index (κ3) is 3.57. The normalized spacial score (nSPS) is 18.6. The number of phenols is 1. The van der Waals surface area contributed by atoms with Gasteiger partial charge in [0.2, 0.25) is 5.88 Å². The van der Waals surface area contributed by atoms with Crippen LogP contribution in [0.15, 0.2) is 34.1 Å². The number of sulfone groups is 1. The molecule has 2 N–H and O–H groups in total. The average Bonchev–Trinajstić information content (AvgIpc) is 2.96. The third-order valence-electron chi connectivity index (χ3n) is 4.56.